The van der Waals surface area contributed by atoms with Crippen LogP contribution in [0.5, 0.6) is 0 Å². The van der Waals surface area contributed by atoms with Crippen LogP contribution < -0.4 is 15.5 Å². The van der Waals surface area contributed by atoms with Crippen molar-refractivity contribution in [2.24, 2.45) is 0 Å². The van der Waals surface area contributed by atoms with Crippen molar-refractivity contribution >= 4 is 23.4 Å². The molecular formula is C25H26F2N6O5. The van der Waals surface area contributed by atoms with E-state index in [1.54, 1.807) is 12.1 Å². The summed E-state index contributed by atoms with van der Waals surface area (Å²) in [5.74, 6) is -3.25. The van der Waals surface area contributed by atoms with Crippen LogP contribution in [0.1, 0.15) is 42.5 Å². The minimum Gasteiger partial charge on any atom is -0.478 e. The maximum Gasteiger partial charge on any atom is 0.377 e. The topological polar surface area (TPSA) is 123 Å². The van der Waals surface area contributed by atoms with Crippen molar-refractivity contribution in [2.75, 3.05) is 36.1 Å². The highest BCUT2D eigenvalue weighted by Gasteiger charge is 2.32. The number of ether oxygens (including phenoxy) is 1. The molecule has 3 aromatic rings. The van der Waals surface area contributed by atoms with Crippen LogP contribution >= 0.6 is 0 Å². The van der Waals surface area contributed by atoms with Gasteiger partial charge in [0, 0.05) is 24.8 Å². The Morgan fingerprint density at radius 1 is 1.00 bits per heavy atom. The first-order chi connectivity index (χ1) is 18.4. The van der Waals surface area contributed by atoms with E-state index in [4.69, 9.17) is 4.74 Å². The van der Waals surface area contributed by atoms with Crippen LogP contribution in [0.15, 0.2) is 41.2 Å². The van der Waals surface area contributed by atoms with Gasteiger partial charge in [-0.25, -0.2) is 23.2 Å². The summed E-state index contributed by atoms with van der Waals surface area (Å²) in [6.45, 7) is 1.98. The fraction of sp³-hybridized carbons (Fsp3) is 0.400. The zero-order valence-corrected chi connectivity index (χ0v) is 20.4. The third-order valence-corrected chi connectivity index (χ3v) is 6.90. The lowest BCUT2D eigenvalue weighted by Gasteiger charge is -2.35. The molecule has 200 valence electrons. The Bertz CT molecular complexity index is 1390. The van der Waals surface area contributed by atoms with Gasteiger partial charge >= 0.3 is 17.7 Å². The molecule has 0 unspecified atom stereocenters. The van der Waals surface area contributed by atoms with Crippen LogP contribution in [0.2, 0.25) is 0 Å². The molecule has 1 saturated carbocycles. The van der Waals surface area contributed by atoms with Gasteiger partial charge in [0.15, 0.2) is 11.6 Å². The number of benzene rings is 2. The Balaban J connectivity index is 1.57. The van der Waals surface area contributed by atoms with Crippen molar-refractivity contribution in [3.63, 3.8) is 0 Å². The van der Waals surface area contributed by atoms with E-state index in [-0.39, 0.29) is 17.3 Å². The van der Waals surface area contributed by atoms with Crippen molar-refractivity contribution < 1.29 is 28.2 Å². The summed E-state index contributed by atoms with van der Waals surface area (Å²) < 4.78 is 34.8. The number of rotatable bonds is 5. The number of para-hydroxylation sites is 1. The molecule has 1 aliphatic carbocycles. The van der Waals surface area contributed by atoms with Crippen LogP contribution in [-0.4, -0.2) is 69.2 Å². The van der Waals surface area contributed by atoms with Gasteiger partial charge in [-0.2, -0.15) is 4.68 Å². The van der Waals surface area contributed by atoms with E-state index >= 15 is 0 Å². The molecule has 13 heteroatoms. The maximum atomic E-state index is 14.3. The monoisotopic (exact) mass is 528 g/mol. The van der Waals surface area contributed by atoms with Gasteiger partial charge in [0.25, 0.3) is 0 Å². The highest BCUT2D eigenvalue weighted by molar-refractivity contribution is 5.99. The number of anilines is 2. The maximum absolute atomic E-state index is 14.3. The molecule has 2 aliphatic rings. The molecule has 2 heterocycles. The fourth-order valence-electron chi connectivity index (χ4n) is 5.04. The Morgan fingerprint density at radius 3 is 2.34 bits per heavy atom. The van der Waals surface area contributed by atoms with Crippen molar-refractivity contribution in [3.05, 3.63) is 64.1 Å². The normalized spacial score (nSPS) is 16.4. The molecule has 1 saturated heterocycles. The minimum absolute atomic E-state index is 0.00226. The second-order valence-corrected chi connectivity index (χ2v) is 9.21. The van der Waals surface area contributed by atoms with E-state index in [9.17, 15) is 28.3 Å². The zero-order valence-electron chi connectivity index (χ0n) is 20.4. The van der Waals surface area contributed by atoms with Gasteiger partial charge in [0.2, 0.25) is 0 Å². The molecule has 5 rings (SSSR count). The first-order valence-corrected chi connectivity index (χ1v) is 12.4. The standard InChI is InChI=1S/C25H26F2N6O5/c26-19-7-4-8-20(27)22(19)32-25(37)33(29-28-32)24(36)31(16-5-2-1-3-6-16)17-9-10-21(18(15-17)23(34)35)30-11-13-38-14-12-30/h4,7-10,15-16H,1-3,5-6,11-14H2,(H,34,35). The lowest BCUT2D eigenvalue weighted by molar-refractivity contribution is 0.0696. The number of carbonyl (C=O) groups excluding carboxylic acids is 1. The van der Waals surface area contributed by atoms with Crippen LogP contribution in [-0.2, 0) is 4.74 Å². The molecule has 0 bridgehead atoms. The number of hydrogen-bond donors (Lipinski definition) is 1. The van der Waals surface area contributed by atoms with Gasteiger partial charge < -0.3 is 14.7 Å². The Hall–Kier alpha value is -4.13. The van der Waals surface area contributed by atoms with Gasteiger partial charge in [0.05, 0.1) is 24.5 Å². The molecule has 0 spiro atoms. The molecule has 0 radical (unpaired) electrons. The van der Waals surface area contributed by atoms with E-state index in [0.717, 1.165) is 37.5 Å². The summed E-state index contributed by atoms with van der Waals surface area (Å²) in [6.07, 6.45) is 3.92. The van der Waals surface area contributed by atoms with Gasteiger partial charge in [-0.15, -0.1) is 4.68 Å². The number of hydrogen-bond acceptors (Lipinski definition) is 7. The Kier molecular flexibility index (Phi) is 7.18. The van der Waals surface area contributed by atoms with Gasteiger partial charge in [-0.05, 0) is 53.6 Å². The number of aromatic nitrogens is 4. The third-order valence-electron chi connectivity index (χ3n) is 6.90. The minimum atomic E-state index is -1.16. The van der Waals surface area contributed by atoms with Crippen molar-refractivity contribution in [1.82, 2.24) is 19.8 Å². The summed E-state index contributed by atoms with van der Waals surface area (Å²) in [4.78, 5) is 42.3. The lowest BCUT2D eigenvalue weighted by atomic mass is 9.93. The van der Waals surface area contributed by atoms with Gasteiger partial charge in [0.1, 0.15) is 5.69 Å². The van der Waals surface area contributed by atoms with E-state index in [2.05, 4.69) is 10.4 Å². The summed E-state index contributed by atoms with van der Waals surface area (Å²) in [7, 11) is 0. The summed E-state index contributed by atoms with van der Waals surface area (Å²) in [5, 5.41) is 17.1. The first-order valence-electron chi connectivity index (χ1n) is 12.4. The van der Waals surface area contributed by atoms with Crippen LogP contribution in [0.25, 0.3) is 5.69 Å². The molecule has 1 N–H and O–H groups in total. The predicted octanol–water partition coefficient (Wildman–Crippen LogP) is 3.05. The van der Waals surface area contributed by atoms with Gasteiger partial charge in [-0.3, -0.25) is 4.90 Å². The SMILES string of the molecule is O=C(O)c1cc(N(C(=O)n2nnn(-c3c(F)cccc3F)c2=O)C2CCCCC2)ccc1N1CCOCC1. The Labute approximate surface area is 215 Å². The number of aromatic carboxylic acids is 1. The number of morpholine rings is 1. The molecule has 38 heavy (non-hydrogen) atoms. The molecule has 11 nitrogen and oxygen atoms in total. The number of carboxylic acids is 1. The summed E-state index contributed by atoms with van der Waals surface area (Å²) in [5.41, 5.74) is -1.12. The molecule has 1 aromatic heterocycles. The largest absolute Gasteiger partial charge is 0.478 e. The quantitative estimate of drug-likeness (QED) is 0.502. The second kappa shape index (κ2) is 10.7. The first kappa shape index (κ1) is 25.5. The number of tetrazole rings is 1. The van der Waals surface area contributed by atoms with E-state index in [0.29, 0.717) is 54.2 Å². The number of carbonyl (C=O) groups is 2. The van der Waals surface area contributed by atoms with Gasteiger partial charge in [-0.1, -0.05) is 25.3 Å². The highest BCUT2D eigenvalue weighted by atomic mass is 19.1. The van der Waals surface area contributed by atoms with Crippen molar-refractivity contribution in [1.29, 1.82) is 0 Å². The van der Waals surface area contributed by atoms with E-state index < -0.39 is 35.0 Å². The molecule has 1 aliphatic heterocycles. The third kappa shape index (κ3) is 4.76. The van der Waals surface area contributed by atoms with Crippen molar-refractivity contribution in [3.8, 4) is 5.69 Å². The molecular weight excluding hydrogens is 502 g/mol. The summed E-state index contributed by atoms with van der Waals surface area (Å²) >= 11 is 0. The van der Waals surface area contributed by atoms with E-state index in [1.807, 2.05) is 4.90 Å². The number of carboxylic acid groups (broad SMARTS) is 1. The molecule has 0 atom stereocenters. The van der Waals surface area contributed by atoms with Crippen LogP contribution in [0, 0.1) is 11.6 Å². The molecule has 1 amide bonds. The van der Waals surface area contributed by atoms with Crippen molar-refractivity contribution in [2.45, 2.75) is 38.1 Å². The highest BCUT2D eigenvalue weighted by Crippen LogP contribution is 2.32. The average Bonchev–Trinajstić information content (AvgIpc) is 3.30. The second-order valence-electron chi connectivity index (χ2n) is 9.21. The summed E-state index contributed by atoms with van der Waals surface area (Å²) in [6, 6.07) is 6.52. The van der Waals surface area contributed by atoms with E-state index in [1.165, 1.54) is 11.0 Å². The van der Waals surface area contributed by atoms with Crippen LogP contribution in [0.3, 0.4) is 0 Å². The zero-order chi connectivity index (χ0) is 26.8. The molecule has 2 fully saturated rings. The van der Waals surface area contributed by atoms with Crippen LogP contribution in [0.4, 0.5) is 25.0 Å². The smallest absolute Gasteiger partial charge is 0.377 e. The molecule has 2 aromatic carbocycles. The number of nitrogens with zero attached hydrogens (tertiary/aromatic N) is 6. The predicted molar refractivity (Wildman–Crippen MR) is 132 cm³/mol. The average molecular weight is 529 g/mol. The number of halogens is 2. The fourth-order valence-corrected chi connectivity index (χ4v) is 5.04. The lowest BCUT2D eigenvalue weighted by Crippen LogP contribution is -2.47. The number of amides is 1. The Morgan fingerprint density at radius 2 is 1.68 bits per heavy atom.